The van der Waals surface area contributed by atoms with E-state index in [4.69, 9.17) is 21.1 Å². The first-order chi connectivity index (χ1) is 19.7. The van der Waals surface area contributed by atoms with Crippen LogP contribution in [0.1, 0.15) is 44.4 Å². The van der Waals surface area contributed by atoms with E-state index in [0.29, 0.717) is 5.52 Å². The number of pyridine rings is 1. The predicted octanol–water partition coefficient (Wildman–Crippen LogP) is 5.27. The molecule has 1 aliphatic rings. The van der Waals surface area contributed by atoms with Gasteiger partial charge in [-0.15, -0.1) is 0 Å². The van der Waals surface area contributed by atoms with E-state index < -0.39 is 21.7 Å². The average Bonchev–Trinajstić information content (AvgIpc) is 3.17. The number of sulfonamides is 1. The topological polar surface area (TPSA) is 121 Å². The summed E-state index contributed by atoms with van der Waals surface area (Å²) < 4.78 is 40.4. The summed E-state index contributed by atoms with van der Waals surface area (Å²) in [7, 11) is -3.77. The number of ether oxygens (including phenoxy) is 2. The van der Waals surface area contributed by atoms with E-state index in [1.807, 2.05) is 11.3 Å². The van der Waals surface area contributed by atoms with Crippen molar-refractivity contribution in [3.63, 3.8) is 0 Å². The fraction of sp³-hybridized carbons (Fsp3) is 0.414. The average molecular weight is 633 g/mol. The third kappa shape index (κ3) is 6.86. The number of rotatable bonds is 7. The van der Waals surface area contributed by atoms with E-state index in [-0.39, 0.29) is 60.7 Å². The van der Waals surface area contributed by atoms with Gasteiger partial charge in [-0.05, 0) is 76.1 Å². The van der Waals surface area contributed by atoms with Crippen LogP contribution in [0.15, 0.2) is 51.3 Å². The molecule has 3 aromatic rings. The number of carbonyl (C=O) groups is 2. The molecule has 1 fully saturated rings. The number of nitrogens with zero attached hydrogens (tertiary/aromatic N) is 4. The Kier molecular flexibility index (Phi) is 9.47. The second kappa shape index (κ2) is 12.6. The summed E-state index contributed by atoms with van der Waals surface area (Å²) in [4.78, 5) is 27.1. The molecule has 2 aromatic heterocycles. The molecule has 42 heavy (non-hydrogen) atoms. The molecule has 0 atom stereocenters. The maximum absolute atomic E-state index is 13.3. The summed E-state index contributed by atoms with van der Waals surface area (Å²) in [5.74, 6) is -0.369. The first kappa shape index (κ1) is 31.7. The predicted molar refractivity (Wildman–Crippen MR) is 159 cm³/mol. The molecule has 3 heterocycles. The van der Waals surface area contributed by atoms with E-state index in [2.05, 4.69) is 6.07 Å². The summed E-state index contributed by atoms with van der Waals surface area (Å²) in [6.45, 7) is 10.1. The molecule has 1 aromatic carbocycles. The number of carbonyl (C=O) groups excluding carboxylic acids is 2. The van der Waals surface area contributed by atoms with Crippen molar-refractivity contribution in [1.82, 2.24) is 13.6 Å². The number of aromatic nitrogens is 1. The molecule has 10 nitrogen and oxygen atoms in total. The second-order valence-corrected chi connectivity index (χ2v) is 14.1. The molecule has 1 aliphatic heterocycles. The lowest BCUT2D eigenvalue weighted by Gasteiger charge is -2.35. The highest BCUT2D eigenvalue weighted by Crippen LogP contribution is 2.38. The van der Waals surface area contributed by atoms with Crippen molar-refractivity contribution in [2.45, 2.75) is 61.5 Å². The minimum absolute atomic E-state index is 0.0460. The molecule has 13 heteroatoms. The summed E-state index contributed by atoms with van der Waals surface area (Å²) in [5, 5.41) is 10.6. The number of esters is 1. The number of piperazine rings is 1. The lowest BCUT2D eigenvalue weighted by Crippen LogP contribution is -2.51. The van der Waals surface area contributed by atoms with Gasteiger partial charge < -0.3 is 18.8 Å². The Morgan fingerprint density at radius 2 is 1.76 bits per heavy atom. The van der Waals surface area contributed by atoms with Crippen LogP contribution in [0.3, 0.4) is 0 Å². The summed E-state index contributed by atoms with van der Waals surface area (Å²) in [6, 6.07) is 10.3. The number of halogens is 1. The van der Waals surface area contributed by atoms with Crippen LogP contribution in [0.25, 0.3) is 5.52 Å². The van der Waals surface area contributed by atoms with E-state index >= 15 is 0 Å². The lowest BCUT2D eigenvalue weighted by atomic mass is 10.1. The zero-order chi connectivity index (χ0) is 30.8. The molecule has 0 saturated carbocycles. The summed E-state index contributed by atoms with van der Waals surface area (Å²) in [6.07, 6.45) is 1.23. The van der Waals surface area contributed by atoms with Crippen LogP contribution in [0.5, 0.6) is 0 Å². The third-order valence-electron chi connectivity index (χ3n) is 6.65. The van der Waals surface area contributed by atoms with Crippen LogP contribution in [0.2, 0.25) is 5.02 Å². The smallest absolute Gasteiger partial charge is 0.410 e. The molecule has 224 valence electrons. The third-order valence-corrected chi connectivity index (χ3v) is 10.1. The van der Waals surface area contributed by atoms with E-state index in [0.717, 1.165) is 21.0 Å². The number of fused-ring (bicyclic) bond motifs is 1. The summed E-state index contributed by atoms with van der Waals surface area (Å²) in [5.41, 5.74) is 1.93. The maximum atomic E-state index is 13.3. The molecule has 0 N–H and O–H groups in total. The van der Waals surface area contributed by atoms with Gasteiger partial charge in [0.2, 0.25) is 10.0 Å². The van der Waals surface area contributed by atoms with Gasteiger partial charge in [0.1, 0.15) is 11.7 Å². The number of benzene rings is 1. The Balaban J connectivity index is 1.55. The zero-order valence-electron chi connectivity index (χ0n) is 24.1. The number of hydrogen-bond donors (Lipinski definition) is 0. The minimum atomic E-state index is -3.77. The maximum Gasteiger partial charge on any atom is 0.410 e. The van der Waals surface area contributed by atoms with Crippen LogP contribution in [0, 0.1) is 18.3 Å². The van der Waals surface area contributed by atoms with Crippen LogP contribution in [-0.4, -0.2) is 72.5 Å². The number of nitriles is 1. The Hall–Kier alpha value is -3.24. The van der Waals surface area contributed by atoms with Crippen LogP contribution in [0.4, 0.5) is 4.79 Å². The summed E-state index contributed by atoms with van der Waals surface area (Å²) >= 11 is 7.71. The fourth-order valence-electron chi connectivity index (χ4n) is 4.60. The van der Waals surface area contributed by atoms with Gasteiger partial charge in [0.15, 0.2) is 0 Å². The van der Waals surface area contributed by atoms with Gasteiger partial charge in [0.25, 0.3) is 0 Å². The Labute approximate surface area is 255 Å². The first-order valence-corrected chi connectivity index (χ1v) is 16.0. The van der Waals surface area contributed by atoms with Crippen molar-refractivity contribution in [2.24, 2.45) is 0 Å². The lowest BCUT2D eigenvalue weighted by molar-refractivity contribution is -0.142. The quantitative estimate of drug-likeness (QED) is 0.323. The van der Waals surface area contributed by atoms with Crippen molar-refractivity contribution in [3.8, 4) is 6.07 Å². The first-order valence-electron chi connectivity index (χ1n) is 13.4. The molecule has 0 spiro atoms. The van der Waals surface area contributed by atoms with Crippen molar-refractivity contribution >= 4 is 51.0 Å². The van der Waals surface area contributed by atoms with Crippen LogP contribution in [-0.2, 0) is 30.7 Å². The van der Waals surface area contributed by atoms with Gasteiger partial charge in [-0.2, -0.15) is 9.57 Å². The highest BCUT2D eigenvalue weighted by Gasteiger charge is 2.32. The van der Waals surface area contributed by atoms with Crippen molar-refractivity contribution in [3.05, 3.63) is 58.2 Å². The number of amides is 1. The Morgan fingerprint density at radius 3 is 2.33 bits per heavy atom. The van der Waals surface area contributed by atoms with E-state index in [1.54, 1.807) is 64.2 Å². The van der Waals surface area contributed by atoms with Gasteiger partial charge in [0, 0.05) is 37.3 Å². The standard InChI is InChI=1S/C29H33ClN4O6S2/c1-6-39-26(35)15-23-19(2)27(34-18-20(17-31)24(30)16-25(23)34)41-21-7-9-22(10-8-21)42(37,38)33-13-11-32(12-14-33)28(36)40-29(3,4)5/h7-10,16,18H,6,11-15H2,1-5H3. The monoisotopic (exact) mass is 632 g/mol. The van der Waals surface area contributed by atoms with E-state index in [1.165, 1.54) is 21.0 Å². The molecular formula is C29H33ClN4O6S2. The van der Waals surface area contributed by atoms with Crippen molar-refractivity contribution in [1.29, 1.82) is 5.26 Å². The molecule has 0 unspecified atom stereocenters. The van der Waals surface area contributed by atoms with Gasteiger partial charge in [-0.1, -0.05) is 23.4 Å². The Morgan fingerprint density at radius 1 is 1.12 bits per heavy atom. The molecule has 1 saturated heterocycles. The molecule has 0 aliphatic carbocycles. The number of hydrogen-bond acceptors (Lipinski definition) is 8. The minimum Gasteiger partial charge on any atom is -0.466 e. The van der Waals surface area contributed by atoms with Crippen LogP contribution < -0.4 is 0 Å². The van der Waals surface area contributed by atoms with Gasteiger partial charge in [0.05, 0.1) is 39.1 Å². The van der Waals surface area contributed by atoms with Gasteiger partial charge in [-0.25, -0.2) is 13.2 Å². The highest BCUT2D eigenvalue weighted by molar-refractivity contribution is 7.99. The van der Waals surface area contributed by atoms with Crippen LogP contribution >= 0.6 is 23.4 Å². The second-order valence-electron chi connectivity index (χ2n) is 10.7. The zero-order valence-corrected chi connectivity index (χ0v) is 26.5. The Bertz CT molecular complexity index is 1650. The van der Waals surface area contributed by atoms with Gasteiger partial charge >= 0.3 is 12.1 Å². The van der Waals surface area contributed by atoms with E-state index in [9.17, 15) is 23.3 Å². The molecule has 0 radical (unpaired) electrons. The highest BCUT2D eigenvalue weighted by atomic mass is 35.5. The molecular weight excluding hydrogens is 600 g/mol. The largest absolute Gasteiger partial charge is 0.466 e. The van der Waals surface area contributed by atoms with Crippen molar-refractivity contribution < 1.29 is 27.5 Å². The molecule has 0 bridgehead atoms. The fourth-order valence-corrected chi connectivity index (χ4v) is 7.23. The SMILES string of the molecule is CCOC(=O)Cc1c(C)c(Sc2ccc(S(=O)(=O)N3CCN(C(=O)OC(C)(C)C)CC3)cc2)n2cc(C#N)c(Cl)cc12. The normalized spacial score (nSPS) is 14.5. The molecule has 4 rings (SSSR count). The van der Waals surface area contributed by atoms with Crippen molar-refractivity contribution in [2.75, 3.05) is 32.8 Å². The molecule has 1 amide bonds. The van der Waals surface area contributed by atoms with Gasteiger partial charge in [-0.3, -0.25) is 4.79 Å².